The van der Waals surface area contributed by atoms with Crippen molar-refractivity contribution in [3.63, 3.8) is 0 Å². The average Bonchev–Trinajstić information content (AvgIpc) is 3.15. The van der Waals surface area contributed by atoms with E-state index < -0.39 is 22.9 Å². The van der Waals surface area contributed by atoms with Gasteiger partial charge < -0.3 is 14.4 Å². The van der Waals surface area contributed by atoms with Gasteiger partial charge in [0.15, 0.2) is 0 Å². The molecule has 4 fully saturated rings. The highest BCUT2D eigenvalue weighted by atomic mass is 16.2. The van der Waals surface area contributed by atoms with Crippen LogP contribution >= 0.6 is 0 Å². The number of carbonyl (C=O) groups is 4. The highest BCUT2D eigenvalue weighted by Gasteiger charge is 2.82. The Morgan fingerprint density at radius 2 is 1.51 bits per heavy atom. The van der Waals surface area contributed by atoms with Crippen LogP contribution in [0.2, 0.25) is 0 Å². The van der Waals surface area contributed by atoms with E-state index in [4.69, 9.17) is 0 Å². The van der Waals surface area contributed by atoms with Crippen LogP contribution in [-0.4, -0.2) is 86.8 Å². The van der Waals surface area contributed by atoms with Crippen molar-refractivity contribution in [2.45, 2.75) is 52.2 Å². The third-order valence-electron chi connectivity index (χ3n) is 9.25. The van der Waals surface area contributed by atoms with E-state index in [9.17, 15) is 19.2 Å². The van der Waals surface area contributed by atoms with Gasteiger partial charge in [0, 0.05) is 50.3 Å². The fourth-order valence-electron chi connectivity index (χ4n) is 7.29. The largest absolute Gasteiger partial charge is 0.347 e. The molecular weight excluding hydrogens is 446 g/mol. The maximum absolute atomic E-state index is 13.7. The lowest BCUT2D eigenvalue weighted by Gasteiger charge is -2.72. The zero-order valence-corrected chi connectivity index (χ0v) is 20.7. The van der Waals surface area contributed by atoms with E-state index in [0.29, 0.717) is 19.4 Å². The Hall–Kier alpha value is -3.36. The number of fused-ring (bicyclic) bond motifs is 4. The van der Waals surface area contributed by atoms with Gasteiger partial charge in [0.1, 0.15) is 0 Å². The van der Waals surface area contributed by atoms with Crippen LogP contribution in [0.3, 0.4) is 0 Å². The van der Waals surface area contributed by atoms with Crippen molar-refractivity contribution in [1.29, 1.82) is 0 Å². The number of hydrogen-bond donors (Lipinski definition) is 0. The minimum atomic E-state index is -1.07. The summed E-state index contributed by atoms with van der Waals surface area (Å²) in [6, 6.07) is 6.57. The van der Waals surface area contributed by atoms with Gasteiger partial charge in [0.25, 0.3) is 0 Å². The van der Waals surface area contributed by atoms with E-state index in [1.54, 1.807) is 23.8 Å². The van der Waals surface area contributed by atoms with E-state index in [0.717, 1.165) is 12.1 Å². The second kappa shape index (κ2) is 7.08. The molecule has 0 N–H and O–H groups in total. The first kappa shape index (κ1) is 22.1. The van der Waals surface area contributed by atoms with Gasteiger partial charge in [-0.3, -0.25) is 19.4 Å². The molecule has 6 amide bonds. The molecule has 3 saturated heterocycles. The van der Waals surface area contributed by atoms with Crippen LogP contribution in [0.15, 0.2) is 30.5 Å². The van der Waals surface area contributed by atoms with E-state index in [1.165, 1.54) is 20.7 Å². The molecule has 1 aromatic carbocycles. The van der Waals surface area contributed by atoms with Gasteiger partial charge in [-0.15, -0.1) is 0 Å². The number of nitrogens with zero attached hydrogens (tertiary/aromatic N) is 5. The quantitative estimate of drug-likeness (QED) is 0.678. The van der Waals surface area contributed by atoms with Crippen LogP contribution in [0.5, 0.6) is 0 Å². The lowest BCUT2D eigenvalue weighted by molar-refractivity contribution is -0.226. The van der Waals surface area contributed by atoms with E-state index in [-0.39, 0.29) is 37.0 Å². The summed E-state index contributed by atoms with van der Waals surface area (Å²) in [6.07, 6.45) is 3.21. The number of likely N-dealkylation sites (N-methyl/N-ethyl adjacent to an activating group) is 1. The summed E-state index contributed by atoms with van der Waals surface area (Å²) < 4.78 is 2.21. The van der Waals surface area contributed by atoms with Crippen LogP contribution in [-0.2, 0) is 16.1 Å². The Balaban J connectivity index is 1.35. The standard InChI is InChI=1S/C26H31N5O4/c1-16-15-28(18-10-6-5-9-17(16)18)11-7-12-29-20-19-25(2)21(32)30(23(34)27(19)4)13-8-14-31(24(29)35)22(33)26(20,25)3/h5-6,9-10,15,19-20H,7-8,11-14H2,1-4H3/t19?,20?,25-,26+/m1/s1. The van der Waals surface area contributed by atoms with Crippen LogP contribution in [0.1, 0.15) is 32.3 Å². The fraction of sp³-hybridized carbons (Fsp3) is 0.538. The molecule has 1 aliphatic carbocycles. The summed E-state index contributed by atoms with van der Waals surface area (Å²) in [5.74, 6) is -0.574. The molecule has 2 unspecified atom stereocenters. The highest BCUT2D eigenvalue weighted by Crippen LogP contribution is 2.65. The number of hydrogen-bond acceptors (Lipinski definition) is 4. The number of para-hydroxylation sites is 1. The normalized spacial score (nSPS) is 32.2. The van der Waals surface area contributed by atoms with E-state index in [2.05, 4.69) is 29.8 Å². The molecule has 4 aliphatic rings. The maximum atomic E-state index is 13.7. The predicted molar refractivity (Wildman–Crippen MR) is 128 cm³/mol. The average molecular weight is 478 g/mol. The number of rotatable bonds is 4. The molecule has 9 nitrogen and oxygen atoms in total. The van der Waals surface area contributed by atoms with Gasteiger partial charge >= 0.3 is 12.1 Å². The van der Waals surface area contributed by atoms with Crippen LogP contribution in [0, 0.1) is 17.8 Å². The zero-order valence-electron chi connectivity index (χ0n) is 20.7. The Bertz CT molecular complexity index is 1300. The van der Waals surface area contributed by atoms with Crippen molar-refractivity contribution in [3.05, 3.63) is 36.0 Å². The molecule has 9 heteroatoms. The highest BCUT2D eigenvalue weighted by molar-refractivity contribution is 6.11. The predicted octanol–water partition coefficient (Wildman–Crippen LogP) is 2.67. The second-order valence-corrected chi connectivity index (χ2v) is 10.8. The Morgan fingerprint density at radius 1 is 0.886 bits per heavy atom. The molecule has 0 radical (unpaired) electrons. The van der Waals surface area contributed by atoms with Crippen molar-refractivity contribution in [3.8, 4) is 0 Å². The summed E-state index contributed by atoms with van der Waals surface area (Å²) in [5.41, 5.74) is 0.225. The molecule has 184 valence electrons. The summed E-state index contributed by atoms with van der Waals surface area (Å²) in [5, 5.41) is 1.21. The van der Waals surface area contributed by atoms with Gasteiger partial charge in [0.2, 0.25) is 11.8 Å². The molecule has 35 heavy (non-hydrogen) atoms. The van der Waals surface area contributed by atoms with Crippen molar-refractivity contribution < 1.29 is 19.2 Å². The molecule has 6 rings (SSSR count). The molecule has 1 aromatic heterocycles. The van der Waals surface area contributed by atoms with Gasteiger partial charge in [-0.25, -0.2) is 9.59 Å². The van der Waals surface area contributed by atoms with Crippen molar-refractivity contribution in [2.75, 3.05) is 26.7 Å². The van der Waals surface area contributed by atoms with Crippen molar-refractivity contribution >= 4 is 34.8 Å². The minimum Gasteiger partial charge on any atom is -0.347 e. The number of amides is 6. The molecule has 4 bridgehead atoms. The molecule has 4 atom stereocenters. The lowest BCUT2D eigenvalue weighted by Crippen LogP contribution is -2.90. The lowest BCUT2D eigenvalue weighted by atomic mass is 9.41. The fourth-order valence-corrected chi connectivity index (χ4v) is 7.29. The van der Waals surface area contributed by atoms with Crippen LogP contribution < -0.4 is 0 Å². The number of aromatic nitrogens is 1. The maximum Gasteiger partial charge on any atom is 0.327 e. The van der Waals surface area contributed by atoms with Crippen LogP contribution in [0.4, 0.5) is 9.59 Å². The van der Waals surface area contributed by atoms with Crippen molar-refractivity contribution in [1.82, 2.24) is 24.2 Å². The first-order valence-electron chi connectivity index (χ1n) is 12.4. The van der Waals surface area contributed by atoms with E-state index in [1.807, 2.05) is 19.1 Å². The number of benzene rings is 1. The monoisotopic (exact) mass is 477 g/mol. The topological polar surface area (TPSA) is 86.2 Å². The van der Waals surface area contributed by atoms with Gasteiger partial charge in [-0.1, -0.05) is 18.2 Å². The number of carbonyl (C=O) groups excluding carboxylic acids is 4. The number of imide groups is 2. The molecule has 2 aromatic rings. The molecule has 1 saturated carbocycles. The molecule has 4 heterocycles. The Morgan fingerprint density at radius 3 is 2.23 bits per heavy atom. The van der Waals surface area contributed by atoms with Crippen molar-refractivity contribution in [2.24, 2.45) is 10.8 Å². The summed E-state index contributed by atoms with van der Waals surface area (Å²) in [6.45, 7) is 7.30. The smallest absolute Gasteiger partial charge is 0.327 e. The third-order valence-corrected chi connectivity index (χ3v) is 9.25. The Kier molecular flexibility index (Phi) is 4.48. The SMILES string of the molecule is Cc1cn(CCCN2C(=O)N3CCCN4C(=O)N(C)C5C2[C@@](C)(C3=O)[C@@]5(C)C4=O)c2ccccc12. The molecule has 0 spiro atoms. The molecule has 3 aliphatic heterocycles. The zero-order chi connectivity index (χ0) is 24.9. The Labute approximate surface area is 204 Å². The molecular formula is C26H31N5O4. The van der Waals surface area contributed by atoms with Gasteiger partial charge in [-0.2, -0.15) is 0 Å². The number of urea groups is 2. The first-order valence-corrected chi connectivity index (χ1v) is 12.4. The minimum absolute atomic E-state index is 0.208. The second-order valence-electron chi connectivity index (χ2n) is 10.8. The van der Waals surface area contributed by atoms with E-state index >= 15 is 0 Å². The summed E-state index contributed by atoms with van der Waals surface area (Å²) in [7, 11) is 1.69. The first-order chi connectivity index (χ1) is 16.6. The summed E-state index contributed by atoms with van der Waals surface area (Å²) >= 11 is 0. The number of aryl methyl sites for hydroxylation is 2. The summed E-state index contributed by atoms with van der Waals surface area (Å²) in [4.78, 5) is 60.0. The third kappa shape index (κ3) is 2.48. The van der Waals surface area contributed by atoms with Gasteiger partial charge in [-0.05, 0) is 45.2 Å². The van der Waals surface area contributed by atoms with Gasteiger partial charge in [0.05, 0.1) is 22.9 Å². The van der Waals surface area contributed by atoms with Crippen LogP contribution in [0.25, 0.3) is 10.9 Å².